The minimum atomic E-state index is 0.140. The van der Waals surface area contributed by atoms with E-state index in [0.717, 1.165) is 46.0 Å². The highest BCUT2D eigenvalue weighted by atomic mass is 15.0. The summed E-state index contributed by atoms with van der Waals surface area (Å²) >= 11 is 0. The maximum Gasteiger partial charge on any atom is 0.164 e. The molecule has 0 atom stereocenters. The molecule has 4 fully saturated rings. The molecule has 1 spiro atoms. The van der Waals surface area contributed by atoms with E-state index in [1.807, 2.05) is 36.4 Å². The Labute approximate surface area is 344 Å². The molecular weight excluding hydrogens is 717 g/mol. The molecule has 2 aromatic heterocycles. The van der Waals surface area contributed by atoms with Gasteiger partial charge in [0.15, 0.2) is 17.5 Å². The van der Waals surface area contributed by atoms with Gasteiger partial charge in [0.2, 0.25) is 0 Å². The molecule has 4 heteroatoms. The lowest BCUT2D eigenvalue weighted by molar-refractivity contribution is -0.0399. The number of benzene rings is 7. The van der Waals surface area contributed by atoms with E-state index >= 15 is 0 Å². The normalized spacial score (nSPS) is 22.3. The zero-order valence-corrected chi connectivity index (χ0v) is 32.8. The van der Waals surface area contributed by atoms with Crippen LogP contribution in [0, 0.1) is 23.7 Å². The Kier molecular flexibility index (Phi) is 7.16. The quantitative estimate of drug-likeness (QED) is 0.176. The molecule has 14 rings (SSSR count). The van der Waals surface area contributed by atoms with Crippen LogP contribution in [-0.2, 0) is 5.41 Å². The number of hydrogen-bond donors (Lipinski definition) is 0. The highest BCUT2D eigenvalue weighted by Gasteiger charge is 2.61. The van der Waals surface area contributed by atoms with Gasteiger partial charge in [0.05, 0.1) is 11.0 Å². The van der Waals surface area contributed by atoms with Crippen molar-refractivity contribution in [3.05, 3.63) is 181 Å². The number of hydrogen-bond acceptors (Lipinski definition) is 3. The number of rotatable bonds is 5. The Bertz CT molecular complexity index is 3020. The average molecular weight is 759 g/mol. The zero-order chi connectivity index (χ0) is 38.7. The average Bonchev–Trinajstić information content (AvgIpc) is 3.80. The third-order valence-electron chi connectivity index (χ3n) is 14.6. The van der Waals surface area contributed by atoms with Crippen LogP contribution < -0.4 is 0 Å². The van der Waals surface area contributed by atoms with Crippen LogP contribution >= 0.6 is 0 Å². The SMILES string of the molecule is c1ccc(-c2nc(-c3ccccc3)nc(-c3ccc(-n4c5ccccc5c5c(-c6cccc7c6-c6ccccc6C76C7CC8CC(C7)CC6C8)cccc54)cc3)n2)cc1. The molecule has 4 saturated carbocycles. The van der Waals surface area contributed by atoms with Crippen molar-refractivity contribution >= 4 is 21.8 Å². The van der Waals surface area contributed by atoms with Gasteiger partial charge in [0.25, 0.3) is 0 Å². The predicted molar refractivity (Wildman–Crippen MR) is 239 cm³/mol. The monoisotopic (exact) mass is 758 g/mol. The van der Waals surface area contributed by atoms with Gasteiger partial charge in [-0.3, -0.25) is 0 Å². The number of aromatic nitrogens is 4. The van der Waals surface area contributed by atoms with Crippen LogP contribution in [0.15, 0.2) is 170 Å². The van der Waals surface area contributed by atoms with E-state index in [9.17, 15) is 0 Å². The fraction of sp³-hybridized carbons (Fsp3) is 0.182. The number of para-hydroxylation sites is 1. The second kappa shape index (κ2) is 12.7. The Balaban J connectivity index is 0.965. The molecule has 0 N–H and O–H groups in total. The minimum absolute atomic E-state index is 0.140. The lowest BCUT2D eigenvalue weighted by atomic mass is 9.43. The summed E-state index contributed by atoms with van der Waals surface area (Å²) in [5.41, 5.74) is 15.4. The van der Waals surface area contributed by atoms with E-state index < -0.39 is 0 Å². The Morgan fingerprint density at radius 3 is 1.59 bits per heavy atom. The van der Waals surface area contributed by atoms with Crippen molar-refractivity contribution in [2.75, 3.05) is 0 Å². The summed E-state index contributed by atoms with van der Waals surface area (Å²) in [5, 5.41) is 2.58. The molecule has 0 aliphatic heterocycles. The van der Waals surface area contributed by atoms with Gasteiger partial charge in [-0.1, -0.05) is 133 Å². The highest BCUT2D eigenvalue weighted by Crippen LogP contribution is 2.70. The van der Waals surface area contributed by atoms with Crippen LogP contribution in [0.1, 0.15) is 43.2 Å². The molecule has 0 radical (unpaired) electrons. The van der Waals surface area contributed by atoms with E-state index in [4.69, 9.17) is 15.0 Å². The first-order chi connectivity index (χ1) is 29.2. The van der Waals surface area contributed by atoms with Crippen molar-refractivity contribution in [3.63, 3.8) is 0 Å². The number of fused-ring (bicyclic) bond motifs is 6. The third-order valence-corrected chi connectivity index (χ3v) is 14.6. The molecule has 0 saturated heterocycles. The molecule has 4 nitrogen and oxygen atoms in total. The molecule has 59 heavy (non-hydrogen) atoms. The molecular formula is C55H42N4. The van der Waals surface area contributed by atoms with Gasteiger partial charge in [-0.15, -0.1) is 0 Å². The van der Waals surface area contributed by atoms with Crippen molar-refractivity contribution in [1.82, 2.24) is 19.5 Å². The smallest absolute Gasteiger partial charge is 0.164 e. The van der Waals surface area contributed by atoms with Gasteiger partial charge in [0, 0.05) is 38.6 Å². The molecule has 0 amide bonds. The lowest BCUT2D eigenvalue weighted by Crippen LogP contribution is -2.55. The molecule has 0 unspecified atom stereocenters. The molecule has 2 heterocycles. The fourth-order valence-corrected chi connectivity index (χ4v) is 12.6. The predicted octanol–water partition coefficient (Wildman–Crippen LogP) is 13.4. The maximum absolute atomic E-state index is 5.01. The molecule has 5 aliphatic carbocycles. The summed E-state index contributed by atoms with van der Waals surface area (Å²) < 4.78 is 2.44. The van der Waals surface area contributed by atoms with E-state index in [-0.39, 0.29) is 5.41 Å². The van der Waals surface area contributed by atoms with Gasteiger partial charge < -0.3 is 4.57 Å². The topological polar surface area (TPSA) is 43.6 Å². The molecule has 9 aromatic rings. The van der Waals surface area contributed by atoms with Crippen molar-refractivity contribution in [2.24, 2.45) is 23.7 Å². The van der Waals surface area contributed by atoms with Crippen LogP contribution in [-0.4, -0.2) is 19.5 Å². The van der Waals surface area contributed by atoms with Crippen LogP contribution in [0.4, 0.5) is 0 Å². The van der Waals surface area contributed by atoms with Gasteiger partial charge in [-0.05, 0) is 126 Å². The summed E-state index contributed by atoms with van der Waals surface area (Å²) in [6, 6.07) is 61.8. The van der Waals surface area contributed by atoms with Crippen LogP contribution in [0.3, 0.4) is 0 Å². The van der Waals surface area contributed by atoms with E-state index in [1.54, 1.807) is 11.1 Å². The minimum Gasteiger partial charge on any atom is -0.309 e. The summed E-state index contributed by atoms with van der Waals surface area (Å²) in [5.74, 6) is 5.31. The fourth-order valence-electron chi connectivity index (χ4n) is 12.6. The Hall–Kier alpha value is -6.65. The molecule has 7 aromatic carbocycles. The summed E-state index contributed by atoms with van der Waals surface area (Å²) in [6.45, 7) is 0. The Morgan fingerprint density at radius 2 is 0.915 bits per heavy atom. The first-order valence-corrected chi connectivity index (χ1v) is 21.5. The zero-order valence-electron chi connectivity index (χ0n) is 32.8. The summed E-state index contributed by atoms with van der Waals surface area (Å²) in [6.07, 6.45) is 7.03. The standard InChI is InChI=1S/C55H42N4/c1-3-13-36(14-4-1)52-56-53(37-15-5-2-6-16-37)58-54(57-52)38-25-27-41(28-26-38)59-48-23-10-8-18-45(48)51-43(20-12-24-49(51)59)42-19-11-22-47-50(42)44-17-7-9-21-46(44)55(47)39-30-34-29-35(32-39)33-40(55)31-34/h1-28,34-35,39-40H,29-33H2. The van der Waals surface area contributed by atoms with Gasteiger partial charge >= 0.3 is 0 Å². The van der Waals surface area contributed by atoms with E-state index in [2.05, 4.69) is 138 Å². The van der Waals surface area contributed by atoms with Crippen molar-refractivity contribution < 1.29 is 0 Å². The third kappa shape index (κ3) is 4.80. The second-order valence-corrected chi connectivity index (χ2v) is 17.6. The molecule has 4 bridgehead atoms. The van der Waals surface area contributed by atoms with Crippen LogP contribution in [0.25, 0.3) is 83.9 Å². The van der Waals surface area contributed by atoms with Crippen molar-refractivity contribution in [1.29, 1.82) is 0 Å². The number of nitrogens with zero attached hydrogens (tertiary/aromatic N) is 4. The first kappa shape index (κ1) is 33.3. The van der Waals surface area contributed by atoms with E-state index in [0.29, 0.717) is 17.5 Å². The lowest BCUT2D eigenvalue weighted by Gasteiger charge is -2.61. The van der Waals surface area contributed by atoms with Gasteiger partial charge in [-0.25, -0.2) is 15.0 Å². The Morgan fingerprint density at radius 1 is 0.407 bits per heavy atom. The highest BCUT2D eigenvalue weighted by molar-refractivity contribution is 6.17. The van der Waals surface area contributed by atoms with Gasteiger partial charge in [-0.2, -0.15) is 0 Å². The van der Waals surface area contributed by atoms with Crippen molar-refractivity contribution in [3.8, 4) is 62.1 Å². The van der Waals surface area contributed by atoms with Crippen LogP contribution in [0.2, 0.25) is 0 Å². The second-order valence-electron chi connectivity index (χ2n) is 17.6. The van der Waals surface area contributed by atoms with Gasteiger partial charge in [0.1, 0.15) is 0 Å². The largest absolute Gasteiger partial charge is 0.309 e. The summed E-state index contributed by atoms with van der Waals surface area (Å²) in [4.78, 5) is 14.9. The summed E-state index contributed by atoms with van der Waals surface area (Å²) in [7, 11) is 0. The molecule has 282 valence electrons. The molecule has 5 aliphatic rings. The first-order valence-electron chi connectivity index (χ1n) is 21.5. The van der Waals surface area contributed by atoms with Crippen molar-refractivity contribution in [2.45, 2.75) is 37.5 Å². The van der Waals surface area contributed by atoms with Crippen LogP contribution in [0.5, 0.6) is 0 Å². The maximum atomic E-state index is 5.01. The van der Waals surface area contributed by atoms with E-state index in [1.165, 1.54) is 76.2 Å².